The van der Waals surface area contributed by atoms with Gasteiger partial charge in [0.15, 0.2) is 6.10 Å². The minimum atomic E-state index is -4.15. The van der Waals surface area contributed by atoms with Gasteiger partial charge in [0.25, 0.3) is 5.91 Å². The van der Waals surface area contributed by atoms with Gasteiger partial charge in [0, 0.05) is 12.6 Å². The predicted octanol–water partition coefficient (Wildman–Crippen LogP) is -4.27. The third-order valence-corrected chi connectivity index (χ3v) is 4.07. The molecule has 0 aromatic carbocycles. The van der Waals surface area contributed by atoms with E-state index in [2.05, 4.69) is 14.6 Å². The quantitative estimate of drug-likeness (QED) is 0.119. The Labute approximate surface area is 119 Å². The minimum absolute atomic E-state index is 0.0542. The van der Waals surface area contributed by atoms with Crippen LogP contribution in [0.25, 0.3) is 0 Å². The highest BCUT2D eigenvalue weighted by Crippen LogP contribution is 2.08. The molecule has 0 bridgehead atoms. The molecule has 0 radical (unpaired) electrons. The van der Waals surface area contributed by atoms with Crippen molar-refractivity contribution in [1.29, 1.82) is 0 Å². The first-order valence-electron chi connectivity index (χ1n) is 5.97. The monoisotopic (exact) mass is 331 g/mol. The highest BCUT2D eigenvalue weighted by molar-refractivity contribution is 7.16. The Bertz CT molecular complexity index is 302. The smallest absolute Gasteiger partial charge is 0.390 e. The summed E-state index contributed by atoms with van der Waals surface area (Å²) in [5.41, 5.74) is 0. The third-order valence-electron chi connectivity index (χ3n) is 2.57. The lowest BCUT2D eigenvalue weighted by Crippen LogP contribution is -2.51. The maximum atomic E-state index is 11.4. The van der Waals surface area contributed by atoms with Gasteiger partial charge < -0.3 is 40.1 Å². The molecular weight excluding hydrogens is 309 g/mol. The number of hydrogen-bond donors (Lipinski definition) is 8. The summed E-state index contributed by atoms with van der Waals surface area (Å²) in [7, 11) is -2.01. The van der Waals surface area contributed by atoms with Crippen LogP contribution in [0, 0.1) is 0 Å². The van der Waals surface area contributed by atoms with Crippen molar-refractivity contribution in [2.45, 2.75) is 36.9 Å². The molecule has 120 valence electrons. The van der Waals surface area contributed by atoms with E-state index in [1.165, 1.54) is 0 Å². The molecule has 11 heteroatoms. The summed E-state index contributed by atoms with van der Waals surface area (Å²) in [6.45, 7) is -0.0542. The lowest BCUT2D eigenvalue weighted by atomic mass is 10.0. The van der Waals surface area contributed by atoms with E-state index in [0.717, 1.165) is 0 Å². The first kappa shape index (κ1) is 19.8. The van der Waals surface area contributed by atoms with Gasteiger partial charge in [-0.05, 0) is 12.6 Å². The van der Waals surface area contributed by atoms with Crippen LogP contribution in [0.2, 0.25) is 6.04 Å². The Hall–Kier alpha value is -0.163. The highest BCUT2D eigenvalue weighted by atomic mass is 31.0. The van der Waals surface area contributed by atoms with E-state index in [0.29, 0.717) is 0 Å². The van der Waals surface area contributed by atoms with Crippen molar-refractivity contribution in [3.05, 3.63) is 0 Å². The number of carbonyl (C=O) groups is 1. The Morgan fingerprint density at radius 3 is 2.10 bits per heavy atom. The molecule has 5 atom stereocenters. The predicted molar refractivity (Wildman–Crippen MR) is 73.4 cm³/mol. The van der Waals surface area contributed by atoms with E-state index in [9.17, 15) is 25.2 Å². The molecule has 9 nitrogen and oxygen atoms in total. The maximum Gasteiger partial charge on any atom is 0.492 e. The number of carbonyl (C=O) groups excluding carboxylic acids is 1. The van der Waals surface area contributed by atoms with E-state index in [1.54, 1.807) is 0 Å². The summed E-state index contributed by atoms with van der Waals surface area (Å²) in [6, 6.07) is -0.277. The van der Waals surface area contributed by atoms with Gasteiger partial charge in [-0.3, -0.25) is 4.79 Å². The number of aliphatic hydroxyl groups excluding tert-OH is 4. The number of hydrogen-bond acceptors (Lipinski definition) is 8. The SMILES string of the molecule is O=C(NCCC[Si](O)(O)O)C(O)C(O)C(O)C(O)CP. The number of amides is 1. The fourth-order valence-corrected chi connectivity index (χ4v) is 2.28. The van der Waals surface area contributed by atoms with E-state index in [-0.39, 0.29) is 25.2 Å². The average molecular weight is 331 g/mol. The van der Waals surface area contributed by atoms with Gasteiger partial charge in [0.05, 0.1) is 6.10 Å². The Morgan fingerprint density at radius 2 is 1.65 bits per heavy atom. The summed E-state index contributed by atoms with van der Waals surface area (Å²) in [6.07, 6.45) is -6.64. The molecule has 0 spiro atoms. The van der Waals surface area contributed by atoms with Crippen LogP contribution in [0.15, 0.2) is 0 Å². The molecule has 8 N–H and O–H groups in total. The van der Waals surface area contributed by atoms with Crippen LogP contribution >= 0.6 is 9.24 Å². The molecule has 0 fully saturated rings. The standard InChI is InChI=1S/C9H22NO8PSi/c11-5(4-19)6(12)7(13)8(14)9(15)10-2-1-3-20(16,17)18/h5-8,11-14,16-18H,1-4,19H2,(H,10,15). The van der Waals surface area contributed by atoms with Gasteiger partial charge in [-0.1, -0.05) is 0 Å². The lowest BCUT2D eigenvalue weighted by molar-refractivity contribution is -0.145. The molecule has 0 aromatic heterocycles. The third kappa shape index (κ3) is 7.57. The first-order valence-corrected chi connectivity index (χ1v) is 8.84. The summed E-state index contributed by atoms with van der Waals surface area (Å²) >= 11 is 0. The molecule has 0 saturated heterocycles. The molecule has 0 heterocycles. The number of rotatable bonds is 9. The molecule has 0 aliphatic carbocycles. The molecule has 5 unspecified atom stereocenters. The topological polar surface area (TPSA) is 171 Å². The molecule has 0 aromatic rings. The summed E-state index contributed by atoms with van der Waals surface area (Å²) in [5.74, 6) is -0.978. The Kier molecular flexibility index (Phi) is 8.90. The minimum Gasteiger partial charge on any atom is -0.390 e. The zero-order valence-electron chi connectivity index (χ0n) is 10.8. The van der Waals surface area contributed by atoms with Crippen molar-refractivity contribution in [3.63, 3.8) is 0 Å². The van der Waals surface area contributed by atoms with Gasteiger partial charge >= 0.3 is 8.80 Å². The zero-order valence-corrected chi connectivity index (χ0v) is 12.9. The fourth-order valence-electron chi connectivity index (χ4n) is 1.35. The van der Waals surface area contributed by atoms with Crippen molar-refractivity contribution in [2.24, 2.45) is 0 Å². The molecule has 0 saturated carbocycles. The van der Waals surface area contributed by atoms with E-state index in [1.807, 2.05) is 0 Å². The van der Waals surface area contributed by atoms with Gasteiger partial charge in [-0.2, -0.15) is 0 Å². The molecule has 20 heavy (non-hydrogen) atoms. The number of aliphatic hydroxyl groups is 4. The van der Waals surface area contributed by atoms with Gasteiger partial charge in [-0.15, -0.1) is 9.24 Å². The summed E-state index contributed by atoms with van der Waals surface area (Å²) in [5, 5.41) is 39.9. The fraction of sp³-hybridized carbons (Fsp3) is 0.889. The van der Waals surface area contributed by atoms with E-state index >= 15 is 0 Å². The Morgan fingerprint density at radius 1 is 1.10 bits per heavy atom. The molecule has 0 aliphatic rings. The Balaban J connectivity index is 4.14. The second kappa shape index (κ2) is 8.98. The lowest BCUT2D eigenvalue weighted by Gasteiger charge is -2.25. The van der Waals surface area contributed by atoms with Crippen LogP contribution in [0.3, 0.4) is 0 Å². The van der Waals surface area contributed by atoms with Crippen LogP contribution in [-0.4, -0.2) is 86.6 Å². The van der Waals surface area contributed by atoms with Gasteiger partial charge in [-0.25, -0.2) is 0 Å². The van der Waals surface area contributed by atoms with Crippen molar-refractivity contribution in [3.8, 4) is 0 Å². The van der Waals surface area contributed by atoms with Crippen LogP contribution in [-0.2, 0) is 4.79 Å². The molecule has 0 rings (SSSR count). The summed E-state index contributed by atoms with van der Waals surface area (Å²) in [4.78, 5) is 37.6. The molecule has 1 amide bonds. The van der Waals surface area contributed by atoms with Crippen molar-refractivity contribution < 1.29 is 39.6 Å². The van der Waals surface area contributed by atoms with Crippen LogP contribution < -0.4 is 5.32 Å². The van der Waals surface area contributed by atoms with E-state index < -0.39 is 39.1 Å². The second-order valence-electron chi connectivity index (χ2n) is 4.40. The normalized spacial score (nSPS) is 18.2. The molecular formula is C9H22NO8PSi. The van der Waals surface area contributed by atoms with Crippen LogP contribution in [0.1, 0.15) is 6.42 Å². The highest BCUT2D eigenvalue weighted by Gasteiger charge is 2.33. The van der Waals surface area contributed by atoms with Crippen LogP contribution in [0.4, 0.5) is 0 Å². The van der Waals surface area contributed by atoms with Gasteiger partial charge in [0.2, 0.25) is 0 Å². The second-order valence-corrected chi connectivity index (χ2v) is 6.92. The summed E-state index contributed by atoms with van der Waals surface area (Å²) < 4.78 is 0. The van der Waals surface area contributed by atoms with E-state index in [4.69, 9.17) is 14.4 Å². The maximum absolute atomic E-state index is 11.4. The van der Waals surface area contributed by atoms with Crippen molar-refractivity contribution >= 4 is 24.0 Å². The largest absolute Gasteiger partial charge is 0.492 e. The van der Waals surface area contributed by atoms with Crippen molar-refractivity contribution in [2.75, 3.05) is 12.7 Å². The molecule has 0 aliphatic heterocycles. The first-order chi connectivity index (χ1) is 9.10. The number of nitrogens with one attached hydrogen (secondary N) is 1. The van der Waals surface area contributed by atoms with Crippen molar-refractivity contribution in [1.82, 2.24) is 5.32 Å². The average Bonchev–Trinajstić information content (AvgIpc) is 2.38. The zero-order chi connectivity index (χ0) is 15.9. The van der Waals surface area contributed by atoms with Gasteiger partial charge in [0.1, 0.15) is 12.2 Å². The van der Waals surface area contributed by atoms with Crippen LogP contribution in [0.5, 0.6) is 0 Å².